The van der Waals surface area contributed by atoms with Crippen LogP contribution >= 0.6 is 0 Å². The molecule has 0 amide bonds. The second-order valence-electron chi connectivity index (χ2n) is 12.8. The highest BCUT2D eigenvalue weighted by atomic mass is 16.4. The SMILES string of the molecule is CCCCCCCC/C=C\CCCCCCCCN(CC(C)NCC(C)NCC(C)NCC(C)N)C(CC(=O)O)C(=O)O. The predicted octanol–water partition coefficient (Wildman–Crippen LogP) is 5.54. The molecule has 0 saturated carbocycles. The summed E-state index contributed by atoms with van der Waals surface area (Å²) in [7, 11) is 0. The lowest BCUT2D eigenvalue weighted by molar-refractivity contribution is -0.150. The van der Waals surface area contributed by atoms with E-state index in [0.29, 0.717) is 19.1 Å². The second kappa shape index (κ2) is 28.0. The summed E-state index contributed by atoms with van der Waals surface area (Å²) in [6, 6.07) is -0.316. The third-order valence-electron chi connectivity index (χ3n) is 7.89. The Labute approximate surface area is 264 Å². The van der Waals surface area contributed by atoms with E-state index in [0.717, 1.165) is 45.3 Å². The van der Waals surface area contributed by atoms with Crippen molar-refractivity contribution in [2.45, 2.75) is 161 Å². The minimum absolute atomic E-state index is 0.0302. The monoisotopic (exact) mass is 612 g/mol. The molecule has 0 aliphatic heterocycles. The third-order valence-corrected chi connectivity index (χ3v) is 7.89. The normalized spacial score (nSPS) is 15.5. The third kappa shape index (κ3) is 26.6. The zero-order valence-corrected chi connectivity index (χ0v) is 28.4. The Hall–Kier alpha value is -1.52. The maximum Gasteiger partial charge on any atom is 0.321 e. The van der Waals surface area contributed by atoms with Gasteiger partial charge in [-0.2, -0.15) is 0 Å². The van der Waals surface area contributed by atoms with Gasteiger partial charge in [0.2, 0.25) is 0 Å². The molecule has 0 heterocycles. The number of unbranched alkanes of at least 4 members (excludes halogenated alkanes) is 12. The summed E-state index contributed by atoms with van der Waals surface area (Å²) in [6.07, 6.45) is 21.4. The molecule has 0 rings (SSSR count). The van der Waals surface area contributed by atoms with Gasteiger partial charge in [0.25, 0.3) is 0 Å². The number of nitrogens with two attached hydrogens (primary N) is 1. The van der Waals surface area contributed by atoms with Crippen LogP contribution in [0.1, 0.15) is 131 Å². The molecule has 0 radical (unpaired) electrons. The molecule has 0 aromatic rings. The molecule has 0 aromatic carbocycles. The summed E-state index contributed by atoms with van der Waals surface area (Å²) in [6.45, 7) is 13.9. The van der Waals surface area contributed by atoms with Crippen LogP contribution in [0.2, 0.25) is 0 Å². The Morgan fingerprint density at radius 3 is 1.65 bits per heavy atom. The Kier molecular flexibility index (Phi) is 27.0. The summed E-state index contributed by atoms with van der Waals surface area (Å²) in [5.41, 5.74) is 5.81. The molecule has 0 aliphatic rings. The van der Waals surface area contributed by atoms with Crippen LogP contribution in [0.3, 0.4) is 0 Å². The first-order valence-electron chi connectivity index (χ1n) is 17.4. The average Bonchev–Trinajstić information content (AvgIpc) is 2.95. The standard InChI is InChI=1S/C34H69N5O4/c1-6-7-8-9-10-11-12-13-14-15-16-17-18-19-20-21-22-39(32(34(42)43)23-33(40)41)27-31(5)38-26-30(4)37-25-29(3)36-24-28(2)35/h13-14,28-32,36-38H,6-12,15-27,35H2,1-5H3,(H,40,41)(H,42,43)/b14-13-. The first-order valence-corrected chi connectivity index (χ1v) is 17.4. The summed E-state index contributed by atoms with van der Waals surface area (Å²) < 4.78 is 0. The number of carbonyl (C=O) groups is 2. The van der Waals surface area contributed by atoms with Crippen molar-refractivity contribution in [3.05, 3.63) is 12.2 Å². The van der Waals surface area contributed by atoms with Gasteiger partial charge in [0.1, 0.15) is 6.04 Å². The van der Waals surface area contributed by atoms with Crippen molar-refractivity contribution in [2.24, 2.45) is 5.73 Å². The Morgan fingerprint density at radius 2 is 1.16 bits per heavy atom. The van der Waals surface area contributed by atoms with Gasteiger partial charge in [0.15, 0.2) is 0 Å². The van der Waals surface area contributed by atoms with Gasteiger partial charge in [-0.1, -0.05) is 76.9 Å². The number of carboxylic acid groups (broad SMARTS) is 2. The number of carboxylic acids is 2. The van der Waals surface area contributed by atoms with E-state index >= 15 is 0 Å². The maximum atomic E-state index is 12.0. The minimum atomic E-state index is -1.08. The fourth-order valence-corrected chi connectivity index (χ4v) is 5.18. The molecule has 254 valence electrons. The Balaban J connectivity index is 4.37. The molecule has 9 nitrogen and oxygen atoms in total. The van der Waals surface area contributed by atoms with Crippen LogP contribution in [0.15, 0.2) is 12.2 Å². The van der Waals surface area contributed by atoms with Crippen LogP contribution in [0.4, 0.5) is 0 Å². The van der Waals surface area contributed by atoms with Crippen LogP contribution in [0.25, 0.3) is 0 Å². The summed E-state index contributed by atoms with van der Waals surface area (Å²) in [5.74, 6) is -2.15. The van der Waals surface area contributed by atoms with Crippen molar-refractivity contribution >= 4 is 11.9 Å². The topological polar surface area (TPSA) is 140 Å². The van der Waals surface area contributed by atoms with E-state index < -0.39 is 24.4 Å². The van der Waals surface area contributed by atoms with Gasteiger partial charge < -0.3 is 31.9 Å². The van der Waals surface area contributed by atoms with Gasteiger partial charge in [0.05, 0.1) is 6.42 Å². The van der Waals surface area contributed by atoms with Crippen molar-refractivity contribution in [1.29, 1.82) is 0 Å². The predicted molar refractivity (Wildman–Crippen MR) is 181 cm³/mol. The zero-order chi connectivity index (χ0) is 32.3. The van der Waals surface area contributed by atoms with E-state index in [1.807, 2.05) is 18.7 Å². The van der Waals surface area contributed by atoms with E-state index in [-0.39, 0.29) is 18.1 Å². The van der Waals surface area contributed by atoms with Gasteiger partial charge in [-0.25, -0.2) is 0 Å². The van der Waals surface area contributed by atoms with Crippen LogP contribution in [-0.4, -0.2) is 90.0 Å². The van der Waals surface area contributed by atoms with Crippen LogP contribution < -0.4 is 21.7 Å². The van der Waals surface area contributed by atoms with Crippen molar-refractivity contribution < 1.29 is 19.8 Å². The first kappa shape index (κ1) is 41.5. The molecular formula is C34H69N5O4. The van der Waals surface area contributed by atoms with Gasteiger partial charge >= 0.3 is 11.9 Å². The number of rotatable bonds is 31. The van der Waals surface area contributed by atoms with Crippen molar-refractivity contribution in [3.8, 4) is 0 Å². The lowest BCUT2D eigenvalue weighted by Gasteiger charge is -2.31. The average molecular weight is 612 g/mol. The number of hydrogen-bond donors (Lipinski definition) is 6. The lowest BCUT2D eigenvalue weighted by Crippen LogP contribution is -2.51. The molecular weight excluding hydrogens is 542 g/mol. The summed E-state index contributed by atoms with van der Waals surface area (Å²) in [5, 5.41) is 29.6. The highest BCUT2D eigenvalue weighted by molar-refractivity contribution is 5.80. The largest absolute Gasteiger partial charge is 0.481 e. The van der Waals surface area contributed by atoms with E-state index in [9.17, 15) is 19.8 Å². The van der Waals surface area contributed by atoms with Crippen LogP contribution in [0, 0.1) is 0 Å². The smallest absolute Gasteiger partial charge is 0.321 e. The van der Waals surface area contributed by atoms with Crippen LogP contribution in [-0.2, 0) is 9.59 Å². The number of aliphatic carboxylic acids is 2. The number of nitrogens with one attached hydrogen (secondary N) is 3. The van der Waals surface area contributed by atoms with Crippen molar-refractivity contribution in [2.75, 3.05) is 32.7 Å². The molecule has 0 spiro atoms. The lowest BCUT2D eigenvalue weighted by atomic mass is 10.1. The zero-order valence-electron chi connectivity index (χ0n) is 28.4. The minimum Gasteiger partial charge on any atom is -0.481 e. The number of nitrogens with zero attached hydrogens (tertiary/aromatic N) is 1. The molecule has 0 saturated heterocycles. The Bertz CT molecular complexity index is 706. The van der Waals surface area contributed by atoms with Crippen molar-refractivity contribution in [3.63, 3.8) is 0 Å². The maximum absolute atomic E-state index is 12.0. The van der Waals surface area contributed by atoms with Crippen molar-refractivity contribution in [1.82, 2.24) is 20.9 Å². The molecule has 5 unspecified atom stereocenters. The molecule has 9 heteroatoms. The highest BCUT2D eigenvalue weighted by Gasteiger charge is 2.29. The molecule has 0 fully saturated rings. The Morgan fingerprint density at radius 1 is 0.698 bits per heavy atom. The molecule has 5 atom stereocenters. The molecule has 0 bridgehead atoms. The molecule has 7 N–H and O–H groups in total. The number of allylic oxidation sites excluding steroid dienone is 2. The quantitative estimate of drug-likeness (QED) is 0.0441. The molecule has 0 aromatic heterocycles. The summed E-state index contributed by atoms with van der Waals surface area (Å²) in [4.78, 5) is 25.3. The van der Waals surface area contributed by atoms with Gasteiger partial charge in [-0.05, 0) is 66.3 Å². The van der Waals surface area contributed by atoms with E-state index in [4.69, 9.17) is 5.73 Å². The van der Waals surface area contributed by atoms with Gasteiger partial charge in [-0.15, -0.1) is 0 Å². The van der Waals surface area contributed by atoms with E-state index in [2.05, 4.69) is 48.9 Å². The second-order valence-corrected chi connectivity index (χ2v) is 12.8. The van der Waals surface area contributed by atoms with Gasteiger partial charge in [0, 0.05) is 50.3 Å². The van der Waals surface area contributed by atoms with E-state index in [1.165, 1.54) is 64.2 Å². The molecule has 0 aliphatic carbocycles. The summed E-state index contributed by atoms with van der Waals surface area (Å²) >= 11 is 0. The number of hydrogen-bond acceptors (Lipinski definition) is 7. The van der Waals surface area contributed by atoms with E-state index in [1.54, 1.807) is 0 Å². The van der Waals surface area contributed by atoms with Gasteiger partial charge in [-0.3, -0.25) is 14.5 Å². The first-order chi connectivity index (χ1) is 20.6. The fourth-order valence-electron chi connectivity index (χ4n) is 5.18. The fraction of sp³-hybridized carbons (Fsp3) is 0.882. The molecule has 43 heavy (non-hydrogen) atoms. The van der Waals surface area contributed by atoms with Crippen LogP contribution in [0.5, 0.6) is 0 Å². The highest BCUT2D eigenvalue weighted by Crippen LogP contribution is 2.13.